The Labute approximate surface area is 277 Å². The summed E-state index contributed by atoms with van der Waals surface area (Å²) < 4.78 is 38.3. The van der Waals surface area contributed by atoms with Crippen molar-refractivity contribution < 1.29 is 41.9 Å². The molecule has 14 nitrogen and oxygen atoms in total. The normalized spacial score (nSPS) is 24.6. The molecule has 0 bridgehead atoms. The zero-order valence-electron chi connectivity index (χ0n) is 28.2. The summed E-state index contributed by atoms with van der Waals surface area (Å²) in [6.45, 7) is 21.4. The highest BCUT2D eigenvalue weighted by Gasteiger charge is 2.62. The first-order valence-corrected chi connectivity index (χ1v) is 17.2. The van der Waals surface area contributed by atoms with Crippen LogP contribution < -0.4 is 15.4 Å². The van der Waals surface area contributed by atoms with Gasteiger partial charge < -0.3 is 29.9 Å². The van der Waals surface area contributed by atoms with Gasteiger partial charge in [0.15, 0.2) is 0 Å². The van der Waals surface area contributed by atoms with Gasteiger partial charge in [-0.1, -0.05) is 39.0 Å². The first-order valence-electron chi connectivity index (χ1n) is 15.7. The zero-order valence-corrected chi connectivity index (χ0v) is 29.0. The molecule has 0 spiro atoms. The van der Waals surface area contributed by atoms with Crippen LogP contribution in [0.1, 0.15) is 67.2 Å². The number of rotatable bonds is 13. The van der Waals surface area contributed by atoms with E-state index in [1.165, 1.54) is 28.0 Å². The van der Waals surface area contributed by atoms with Gasteiger partial charge in [0, 0.05) is 25.4 Å². The molecule has 0 aromatic rings. The molecule has 2 aliphatic carbocycles. The quantitative estimate of drug-likeness (QED) is 0.246. The molecule has 5 atom stereocenters. The number of carbonyl (C=O) groups is 5. The van der Waals surface area contributed by atoms with Gasteiger partial charge in [-0.05, 0) is 45.4 Å². The number of amides is 5. The summed E-state index contributed by atoms with van der Waals surface area (Å²) in [6.07, 6.45) is 2.87. The summed E-state index contributed by atoms with van der Waals surface area (Å²) in [5.41, 5.74) is -3.29. The Morgan fingerprint density at radius 3 is 2.09 bits per heavy atom. The third-order valence-corrected chi connectivity index (χ3v) is 9.91. The Bertz CT molecular complexity index is 1390. The van der Waals surface area contributed by atoms with Crippen LogP contribution in [0.15, 0.2) is 38.0 Å². The van der Waals surface area contributed by atoms with E-state index < -0.39 is 85.8 Å². The standard InChI is InChI=1S/C32H49N5O9S/c1-10-15-36(16-11-2)29(42)45-21-17-23(37(19-21)26(39)24(30(4,5)6)33-28(41)46-31(7,8)9)25(38)34-32(18-20(32)12-3)27(40)35-47(43,44)22-13-14-22/h10-12,20-24H,1-3,13-19H2,4-9H3,(H,33,41)(H,34,38)(H,35,40)/t20?,21-,23+,24-,32?/m1/s1. The molecule has 1 aliphatic heterocycles. The van der Waals surface area contributed by atoms with E-state index >= 15 is 0 Å². The maximum atomic E-state index is 14.2. The predicted molar refractivity (Wildman–Crippen MR) is 174 cm³/mol. The lowest BCUT2D eigenvalue weighted by Gasteiger charge is -2.36. The molecule has 0 aromatic carbocycles. The topological polar surface area (TPSA) is 181 Å². The SMILES string of the molecule is C=CCN(CC=C)C(=O)O[C@@H]1C[C@@H](C(=O)NC2(C(=O)NS(=O)(=O)C3CC3)CC2C=C)N(C(=O)[C@@H](NC(=O)OC(C)(C)C)C(C)(C)C)C1. The van der Waals surface area contributed by atoms with E-state index in [2.05, 4.69) is 35.1 Å². The molecule has 1 saturated heterocycles. The lowest BCUT2D eigenvalue weighted by molar-refractivity contribution is -0.143. The van der Waals surface area contributed by atoms with E-state index in [0.717, 1.165) is 0 Å². The van der Waals surface area contributed by atoms with Crippen LogP contribution in [0.25, 0.3) is 0 Å². The van der Waals surface area contributed by atoms with Gasteiger partial charge >= 0.3 is 12.2 Å². The van der Waals surface area contributed by atoms with Crippen LogP contribution in [0.2, 0.25) is 0 Å². The summed E-state index contributed by atoms with van der Waals surface area (Å²) in [7, 11) is -3.91. The van der Waals surface area contributed by atoms with Gasteiger partial charge in [-0.2, -0.15) is 0 Å². The number of ether oxygens (including phenoxy) is 2. The first-order chi connectivity index (χ1) is 21.7. The maximum absolute atomic E-state index is 14.2. The average Bonchev–Trinajstić information content (AvgIpc) is 3.86. The minimum Gasteiger partial charge on any atom is -0.444 e. The number of carbonyl (C=O) groups excluding carboxylic acids is 5. The molecule has 2 saturated carbocycles. The Morgan fingerprint density at radius 1 is 1.02 bits per heavy atom. The minimum atomic E-state index is -3.91. The van der Waals surface area contributed by atoms with E-state index in [0.29, 0.717) is 12.8 Å². The smallest absolute Gasteiger partial charge is 0.410 e. The number of hydrogen-bond donors (Lipinski definition) is 3. The molecule has 47 heavy (non-hydrogen) atoms. The molecule has 0 aromatic heterocycles. The minimum absolute atomic E-state index is 0.107. The van der Waals surface area contributed by atoms with E-state index in [9.17, 15) is 32.4 Å². The molecule has 15 heteroatoms. The second-order valence-corrected chi connectivity index (χ2v) is 16.3. The van der Waals surface area contributed by atoms with E-state index in [1.54, 1.807) is 41.5 Å². The lowest BCUT2D eigenvalue weighted by Crippen LogP contribution is -2.60. The molecule has 3 fully saturated rings. The molecule has 5 amide bonds. The van der Waals surface area contributed by atoms with Gasteiger partial charge in [-0.3, -0.25) is 19.1 Å². The largest absolute Gasteiger partial charge is 0.444 e. The highest BCUT2D eigenvalue weighted by Crippen LogP contribution is 2.45. The second-order valence-electron chi connectivity index (χ2n) is 14.4. The van der Waals surface area contributed by atoms with Crippen molar-refractivity contribution in [2.45, 2.75) is 102 Å². The van der Waals surface area contributed by atoms with Crippen LogP contribution in [0.5, 0.6) is 0 Å². The molecule has 3 aliphatic rings. The number of likely N-dealkylation sites (tertiary alicyclic amines) is 1. The van der Waals surface area contributed by atoms with Gasteiger partial charge in [0.25, 0.3) is 5.91 Å². The summed E-state index contributed by atoms with van der Waals surface area (Å²) >= 11 is 0. The fraction of sp³-hybridized carbons (Fsp3) is 0.656. The van der Waals surface area contributed by atoms with Crippen molar-refractivity contribution in [2.24, 2.45) is 11.3 Å². The lowest BCUT2D eigenvalue weighted by atomic mass is 9.85. The molecule has 3 N–H and O–H groups in total. The first kappa shape index (κ1) is 37.6. The van der Waals surface area contributed by atoms with Gasteiger partial charge in [0.05, 0.1) is 11.8 Å². The van der Waals surface area contributed by atoms with Gasteiger partial charge in [0.2, 0.25) is 21.8 Å². The van der Waals surface area contributed by atoms with Gasteiger partial charge in [-0.25, -0.2) is 18.0 Å². The van der Waals surface area contributed by atoms with Gasteiger partial charge in [0.1, 0.15) is 29.3 Å². The van der Waals surface area contributed by atoms with Crippen molar-refractivity contribution in [1.82, 2.24) is 25.2 Å². The Morgan fingerprint density at radius 2 is 1.62 bits per heavy atom. The molecule has 0 radical (unpaired) electrons. The predicted octanol–water partition coefficient (Wildman–Crippen LogP) is 2.38. The number of alkyl carbamates (subject to hydrolysis) is 1. The fourth-order valence-electron chi connectivity index (χ4n) is 5.39. The van der Waals surface area contributed by atoms with E-state index in [-0.39, 0.29) is 32.5 Å². The monoisotopic (exact) mass is 679 g/mol. The summed E-state index contributed by atoms with van der Waals surface area (Å²) in [5.74, 6) is -2.83. The molecule has 1 heterocycles. The highest BCUT2D eigenvalue weighted by atomic mass is 32.2. The highest BCUT2D eigenvalue weighted by molar-refractivity contribution is 7.91. The molecular weight excluding hydrogens is 630 g/mol. The number of nitrogens with one attached hydrogen (secondary N) is 3. The number of sulfonamides is 1. The van der Waals surface area contributed by atoms with Crippen molar-refractivity contribution in [3.05, 3.63) is 38.0 Å². The number of nitrogens with zero attached hydrogens (tertiary/aromatic N) is 2. The molecule has 3 rings (SSSR count). The van der Waals surface area contributed by atoms with Crippen molar-refractivity contribution in [3.8, 4) is 0 Å². The van der Waals surface area contributed by atoms with Gasteiger partial charge in [-0.15, -0.1) is 19.7 Å². The zero-order chi connectivity index (χ0) is 35.5. The Hall–Kier alpha value is -3.88. The summed E-state index contributed by atoms with van der Waals surface area (Å²) in [6, 6.07) is -2.41. The van der Waals surface area contributed by atoms with Crippen LogP contribution in [0.4, 0.5) is 9.59 Å². The summed E-state index contributed by atoms with van der Waals surface area (Å²) in [4.78, 5) is 69.9. The van der Waals surface area contributed by atoms with Crippen LogP contribution >= 0.6 is 0 Å². The van der Waals surface area contributed by atoms with Crippen LogP contribution in [-0.2, 0) is 33.9 Å². The number of hydrogen-bond acceptors (Lipinski definition) is 9. The second kappa shape index (κ2) is 14.1. The Kier molecular flexibility index (Phi) is 11.3. The Balaban J connectivity index is 1.92. The molecular formula is C32H49N5O9S. The average molecular weight is 680 g/mol. The summed E-state index contributed by atoms with van der Waals surface area (Å²) in [5, 5.41) is 4.66. The molecule has 2 unspecified atom stereocenters. The van der Waals surface area contributed by atoms with Crippen molar-refractivity contribution in [2.75, 3.05) is 19.6 Å². The van der Waals surface area contributed by atoms with Crippen LogP contribution in [0.3, 0.4) is 0 Å². The maximum Gasteiger partial charge on any atom is 0.410 e. The van der Waals surface area contributed by atoms with E-state index in [1.807, 2.05) is 0 Å². The fourth-order valence-corrected chi connectivity index (χ4v) is 6.75. The van der Waals surface area contributed by atoms with Crippen LogP contribution in [-0.4, -0.2) is 102 Å². The van der Waals surface area contributed by atoms with Crippen molar-refractivity contribution in [3.63, 3.8) is 0 Å². The third-order valence-electron chi connectivity index (χ3n) is 8.10. The van der Waals surface area contributed by atoms with Crippen molar-refractivity contribution >= 4 is 39.9 Å². The van der Waals surface area contributed by atoms with Crippen LogP contribution in [0, 0.1) is 11.3 Å². The third kappa shape index (κ3) is 9.36. The van der Waals surface area contributed by atoms with Crippen molar-refractivity contribution in [1.29, 1.82) is 0 Å². The molecule has 262 valence electrons. The van der Waals surface area contributed by atoms with E-state index in [4.69, 9.17) is 9.47 Å².